The molecule has 3 aromatic carbocycles. The van der Waals surface area contributed by atoms with Crippen LogP contribution in [0, 0.1) is 31.0 Å². The minimum atomic E-state index is -0.477. The Kier molecular flexibility index (Phi) is 6.33. The lowest BCUT2D eigenvalue weighted by atomic mass is 9.90. The van der Waals surface area contributed by atoms with Gasteiger partial charge in [-0.05, 0) is 79.4 Å². The second kappa shape index (κ2) is 10.2. The van der Waals surface area contributed by atoms with Crippen LogP contribution in [0.15, 0.2) is 60.9 Å². The number of hydrogen-bond donors (Lipinski definition) is 2. The van der Waals surface area contributed by atoms with Crippen molar-refractivity contribution in [2.45, 2.75) is 39.2 Å². The van der Waals surface area contributed by atoms with Crippen molar-refractivity contribution in [1.82, 2.24) is 24.8 Å². The molecule has 6 aromatic rings. The Balaban J connectivity index is 1.63. The normalized spacial score (nSPS) is 15.1. The number of pyridine rings is 1. The number of fused-ring (bicyclic) bond motifs is 4. The zero-order chi connectivity index (χ0) is 29.0. The highest BCUT2D eigenvalue weighted by atomic mass is 19.1. The molecule has 1 fully saturated rings. The number of aromatic hydroxyl groups is 1. The van der Waals surface area contributed by atoms with Crippen LogP contribution >= 0.6 is 0 Å². The van der Waals surface area contributed by atoms with Crippen molar-refractivity contribution in [3.63, 3.8) is 0 Å². The number of hydrogen-bond acceptors (Lipinski definition) is 6. The Morgan fingerprint density at radius 2 is 1.93 bits per heavy atom. The van der Waals surface area contributed by atoms with Crippen molar-refractivity contribution in [3.05, 3.63) is 83.7 Å². The van der Waals surface area contributed by atoms with Gasteiger partial charge in [0, 0.05) is 47.2 Å². The summed E-state index contributed by atoms with van der Waals surface area (Å²) >= 11 is 0. The summed E-state index contributed by atoms with van der Waals surface area (Å²) in [6, 6.07) is 17.4. The van der Waals surface area contributed by atoms with Gasteiger partial charge in [-0.25, -0.2) is 9.37 Å². The topological polar surface area (TPSA) is 99.7 Å². The van der Waals surface area contributed by atoms with E-state index in [1.54, 1.807) is 24.5 Å². The Bertz CT molecular complexity index is 2050. The van der Waals surface area contributed by atoms with Crippen molar-refractivity contribution in [2.24, 2.45) is 0 Å². The average molecular weight is 557 g/mol. The SMILES string of the molecule is Cc1cnc(-c2nc3c(F)c(-c4cc(O)cc5ccccc45)c(CCC#N)cc3c3c2cc(C)n3C2CCNC2)cn1. The maximum absolute atomic E-state index is 17.2. The molecule has 7 rings (SSSR count). The van der Waals surface area contributed by atoms with Gasteiger partial charge in [0.2, 0.25) is 0 Å². The van der Waals surface area contributed by atoms with E-state index < -0.39 is 5.82 Å². The molecule has 1 aliphatic rings. The van der Waals surface area contributed by atoms with Gasteiger partial charge >= 0.3 is 0 Å². The van der Waals surface area contributed by atoms with E-state index in [2.05, 4.69) is 38.9 Å². The number of phenolic OH excluding ortho intramolecular Hbond substituents is 1. The van der Waals surface area contributed by atoms with Crippen LogP contribution < -0.4 is 5.32 Å². The van der Waals surface area contributed by atoms with Crippen molar-refractivity contribution in [1.29, 1.82) is 5.26 Å². The zero-order valence-electron chi connectivity index (χ0n) is 23.4. The molecule has 1 saturated heterocycles. The lowest BCUT2D eigenvalue weighted by molar-refractivity contribution is 0.476. The van der Waals surface area contributed by atoms with Crippen molar-refractivity contribution < 1.29 is 9.50 Å². The summed E-state index contributed by atoms with van der Waals surface area (Å²) in [5, 5.41) is 26.8. The van der Waals surface area contributed by atoms with Gasteiger partial charge in [-0.3, -0.25) is 9.97 Å². The third-order valence-corrected chi connectivity index (χ3v) is 8.33. The van der Waals surface area contributed by atoms with Gasteiger partial charge in [0.25, 0.3) is 0 Å². The summed E-state index contributed by atoms with van der Waals surface area (Å²) in [5.74, 6) is -0.430. The van der Waals surface area contributed by atoms with Crippen LogP contribution in [0.2, 0.25) is 0 Å². The summed E-state index contributed by atoms with van der Waals surface area (Å²) < 4.78 is 19.5. The number of nitrogens with zero attached hydrogens (tertiary/aromatic N) is 5. The monoisotopic (exact) mass is 556 g/mol. The van der Waals surface area contributed by atoms with E-state index in [9.17, 15) is 10.4 Å². The van der Waals surface area contributed by atoms with E-state index in [1.165, 1.54) is 0 Å². The lowest BCUT2D eigenvalue weighted by Crippen LogP contribution is -2.14. The van der Waals surface area contributed by atoms with Crippen LogP contribution in [0.25, 0.3) is 55.1 Å². The molecule has 0 saturated carbocycles. The van der Waals surface area contributed by atoms with Crippen LogP contribution in [-0.4, -0.2) is 37.7 Å². The number of benzene rings is 3. The lowest BCUT2D eigenvalue weighted by Gasteiger charge is -2.20. The van der Waals surface area contributed by atoms with Crippen LogP contribution in [-0.2, 0) is 6.42 Å². The molecule has 0 amide bonds. The maximum Gasteiger partial charge on any atom is 0.157 e. The largest absolute Gasteiger partial charge is 0.508 e. The number of halogens is 1. The van der Waals surface area contributed by atoms with Crippen molar-refractivity contribution in [3.8, 4) is 34.3 Å². The van der Waals surface area contributed by atoms with Gasteiger partial charge in [0.1, 0.15) is 22.7 Å². The number of nitrogens with one attached hydrogen (secondary N) is 1. The summed E-state index contributed by atoms with van der Waals surface area (Å²) in [7, 11) is 0. The van der Waals surface area contributed by atoms with Gasteiger partial charge in [-0.15, -0.1) is 0 Å². The fourth-order valence-electron chi connectivity index (χ4n) is 6.48. The molecule has 3 aromatic heterocycles. The molecular weight excluding hydrogens is 527 g/mol. The summed E-state index contributed by atoms with van der Waals surface area (Å²) in [6.45, 7) is 5.70. The fraction of sp³-hybridized carbons (Fsp3) is 0.235. The van der Waals surface area contributed by atoms with Gasteiger partial charge in [0.05, 0.1) is 23.5 Å². The molecule has 0 spiro atoms. The summed E-state index contributed by atoms with van der Waals surface area (Å²) in [4.78, 5) is 14.0. The molecule has 1 aliphatic heterocycles. The minimum absolute atomic E-state index is 0.0479. The number of rotatable bonds is 5. The first-order valence-corrected chi connectivity index (χ1v) is 14.2. The number of aryl methyl sites for hydroxylation is 3. The second-order valence-electron chi connectivity index (χ2n) is 11.1. The Morgan fingerprint density at radius 3 is 2.69 bits per heavy atom. The second-order valence-corrected chi connectivity index (χ2v) is 11.1. The van der Waals surface area contributed by atoms with E-state index in [0.717, 1.165) is 52.6 Å². The van der Waals surface area contributed by atoms with Gasteiger partial charge in [-0.2, -0.15) is 5.26 Å². The van der Waals surface area contributed by atoms with Gasteiger partial charge < -0.3 is 15.0 Å². The number of nitriles is 1. The van der Waals surface area contributed by atoms with Crippen LogP contribution in [0.5, 0.6) is 5.75 Å². The molecule has 8 heteroatoms. The van der Waals surface area contributed by atoms with E-state index in [-0.39, 0.29) is 23.7 Å². The average Bonchev–Trinajstić information content (AvgIpc) is 3.63. The first-order valence-electron chi connectivity index (χ1n) is 14.2. The van der Waals surface area contributed by atoms with Crippen LogP contribution in [0.3, 0.4) is 0 Å². The first kappa shape index (κ1) is 26.1. The van der Waals surface area contributed by atoms with Crippen LogP contribution in [0.1, 0.15) is 35.8 Å². The highest BCUT2D eigenvalue weighted by Gasteiger charge is 2.27. The maximum atomic E-state index is 17.2. The summed E-state index contributed by atoms with van der Waals surface area (Å²) in [6.07, 6.45) is 4.94. The van der Waals surface area contributed by atoms with Crippen molar-refractivity contribution >= 4 is 32.6 Å². The third-order valence-electron chi connectivity index (χ3n) is 8.33. The molecule has 208 valence electrons. The molecule has 2 N–H and O–H groups in total. The quantitative estimate of drug-likeness (QED) is 0.239. The first-order chi connectivity index (χ1) is 20.4. The fourth-order valence-corrected chi connectivity index (χ4v) is 6.48. The highest BCUT2D eigenvalue weighted by Crippen LogP contribution is 2.43. The predicted molar refractivity (Wildman–Crippen MR) is 163 cm³/mol. The Hall–Kier alpha value is -4.87. The van der Waals surface area contributed by atoms with Gasteiger partial charge in [-0.1, -0.05) is 24.3 Å². The standard InChI is InChI=1S/C34H29FN6O/c1-19-16-39-29(18-38-19)32-27-12-20(2)41(23-9-11-37-17-23)34(27)28-14-22(7-5-10-36)30(31(35)33(28)40-32)26-15-24(42)13-21-6-3-4-8-25(21)26/h3-4,6,8,12-16,18,23,37,42H,5,7,9,11,17H2,1-2H3. The molecule has 0 aliphatic carbocycles. The number of phenols is 1. The molecule has 42 heavy (non-hydrogen) atoms. The van der Waals surface area contributed by atoms with E-state index in [1.807, 2.05) is 37.3 Å². The molecule has 4 heterocycles. The van der Waals surface area contributed by atoms with Crippen LogP contribution in [0.4, 0.5) is 4.39 Å². The molecular formula is C34H29FN6O. The van der Waals surface area contributed by atoms with E-state index in [4.69, 9.17) is 4.98 Å². The highest BCUT2D eigenvalue weighted by molar-refractivity contribution is 6.12. The smallest absolute Gasteiger partial charge is 0.157 e. The van der Waals surface area contributed by atoms with E-state index in [0.29, 0.717) is 39.9 Å². The minimum Gasteiger partial charge on any atom is -0.508 e. The number of aromatic nitrogens is 4. The third kappa shape index (κ3) is 4.16. The molecule has 1 atom stereocenters. The molecule has 7 nitrogen and oxygen atoms in total. The Labute approximate surface area is 242 Å². The van der Waals surface area contributed by atoms with Crippen molar-refractivity contribution in [2.75, 3.05) is 13.1 Å². The zero-order valence-corrected chi connectivity index (χ0v) is 23.4. The summed E-state index contributed by atoms with van der Waals surface area (Å²) in [5.41, 5.74) is 5.78. The molecule has 1 unspecified atom stereocenters. The molecule has 0 bridgehead atoms. The van der Waals surface area contributed by atoms with E-state index >= 15 is 4.39 Å². The Morgan fingerprint density at radius 1 is 1.07 bits per heavy atom. The predicted octanol–water partition coefficient (Wildman–Crippen LogP) is 6.92. The van der Waals surface area contributed by atoms with Gasteiger partial charge in [0.15, 0.2) is 5.82 Å². The molecule has 0 radical (unpaired) electrons.